The summed E-state index contributed by atoms with van der Waals surface area (Å²) in [5.74, 6) is 1.06. The number of carbonyl (C=O) groups is 1. The number of hydrogen-bond donors (Lipinski definition) is 1. The van der Waals surface area contributed by atoms with Crippen molar-refractivity contribution in [1.82, 2.24) is 4.90 Å². The number of carbonyl (C=O) groups excluding carboxylic acids is 1. The van der Waals surface area contributed by atoms with Crippen LogP contribution in [0.4, 0.5) is 0 Å². The van der Waals surface area contributed by atoms with Crippen LogP contribution in [0.2, 0.25) is 0 Å². The molecule has 0 radical (unpaired) electrons. The largest absolute Gasteiger partial charge is 0.339 e. The fourth-order valence-electron chi connectivity index (χ4n) is 3.02. The molecule has 0 bridgehead atoms. The van der Waals surface area contributed by atoms with Crippen molar-refractivity contribution in [3.63, 3.8) is 0 Å². The lowest BCUT2D eigenvalue weighted by atomic mass is 10.0. The molecule has 0 aromatic rings. The van der Waals surface area contributed by atoms with E-state index in [1.165, 1.54) is 0 Å². The van der Waals surface area contributed by atoms with Crippen LogP contribution in [0, 0.1) is 11.8 Å². The van der Waals surface area contributed by atoms with Gasteiger partial charge in [0.15, 0.2) is 0 Å². The standard InChI is InChI=1S/C15H30N2O.ClH/c1-5-14(6-2)17(10-11(3)4)15(18)12-7-8-13(16)9-12;/h11-14H,5-10,16H2,1-4H3;1H. The van der Waals surface area contributed by atoms with E-state index in [1.54, 1.807) is 0 Å². The first-order valence-corrected chi connectivity index (χ1v) is 7.55. The van der Waals surface area contributed by atoms with Crippen LogP contribution in [0.5, 0.6) is 0 Å². The van der Waals surface area contributed by atoms with Crippen LogP contribution in [0.1, 0.15) is 59.8 Å². The highest BCUT2D eigenvalue weighted by atomic mass is 35.5. The number of nitrogens with zero attached hydrogens (tertiary/aromatic N) is 1. The molecule has 1 rings (SSSR count). The molecule has 0 spiro atoms. The Bertz CT molecular complexity index is 267. The number of halogens is 1. The summed E-state index contributed by atoms with van der Waals surface area (Å²) in [6.07, 6.45) is 4.97. The zero-order valence-electron chi connectivity index (χ0n) is 12.9. The molecule has 2 N–H and O–H groups in total. The molecule has 1 amide bonds. The lowest BCUT2D eigenvalue weighted by Gasteiger charge is -2.34. The molecule has 19 heavy (non-hydrogen) atoms. The van der Waals surface area contributed by atoms with E-state index in [-0.39, 0.29) is 24.4 Å². The molecule has 114 valence electrons. The van der Waals surface area contributed by atoms with E-state index < -0.39 is 0 Å². The van der Waals surface area contributed by atoms with Crippen molar-refractivity contribution < 1.29 is 4.79 Å². The zero-order valence-corrected chi connectivity index (χ0v) is 13.7. The molecule has 2 atom stereocenters. The van der Waals surface area contributed by atoms with Gasteiger partial charge in [0, 0.05) is 24.5 Å². The highest BCUT2D eigenvalue weighted by Crippen LogP contribution is 2.28. The molecule has 0 saturated heterocycles. The molecule has 1 saturated carbocycles. The Morgan fingerprint density at radius 1 is 1.26 bits per heavy atom. The van der Waals surface area contributed by atoms with Crippen molar-refractivity contribution in [2.24, 2.45) is 17.6 Å². The SMILES string of the molecule is CCC(CC)N(CC(C)C)C(=O)C1CCC(N)C1.Cl. The summed E-state index contributed by atoms with van der Waals surface area (Å²) in [7, 11) is 0. The van der Waals surface area contributed by atoms with Gasteiger partial charge in [0.25, 0.3) is 0 Å². The first kappa shape index (κ1) is 18.7. The number of rotatable bonds is 6. The van der Waals surface area contributed by atoms with E-state index >= 15 is 0 Å². The Morgan fingerprint density at radius 3 is 2.21 bits per heavy atom. The van der Waals surface area contributed by atoms with Gasteiger partial charge in [0.2, 0.25) is 5.91 Å². The summed E-state index contributed by atoms with van der Waals surface area (Å²) in [6, 6.07) is 0.637. The lowest BCUT2D eigenvalue weighted by Crippen LogP contribution is -2.44. The van der Waals surface area contributed by atoms with Gasteiger partial charge in [0.05, 0.1) is 0 Å². The van der Waals surface area contributed by atoms with Crippen molar-refractivity contribution >= 4 is 18.3 Å². The topological polar surface area (TPSA) is 46.3 Å². The maximum atomic E-state index is 12.7. The van der Waals surface area contributed by atoms with Crippen LogP contribution >= 0.6 is 12.4 Å². The molecular formula is C15H31ClN2O. The smallest absolute Gasteiger partial charge is 0.225 e. The zero-order chi connectivity index (χ0) is 13.7. The van der Waals surface area contributed by atoms with E-state index in [0.717, 1.165) is 38.6 Å². The predicted molar refractivity (Wildman–Crippen MR) is 83.5 cm³/mol. The van der Waals surface area contributed by atoms with Gasteiger partial charge >= 0.3 is 0 Å². The Kier molecular flexibility index (Phi) is 8.67. The van der Waals surface area contributed by atoms with Crippen molar-refractivity contribution in [2.75, 3.05) is 6.54 Å². The average molecular weight is 291 g/mol. The predicted octanol–water partition coefficient (Wildman–Crippen LogP) is 3.21. The summed E-state index contributed by atoms with van der Waals surface area (Å²) in [6.45, 7) is 9.60. The van der Waals surface area contributed by atoms with Gasteiger partial charge in [-0.05, 0) is 38.0 Å². The van der Waals surface area contributed by atoms with Gasteiger partial charge in [-0.3, -0.25) is 4.79 Å². The summed E-state index contributed by atoms with van der Waals surface area (Å²) in [5, 5.41) is 0. The van der Waals surface area contributed by atoms with E-state index in [4.69, 9.17) is 5.73 Å². The minimum atomic E-state index is 0. The molecule has 1 aliphatic carbocycles. The van der Waals surface area contributed by atoms with Crippen molar-refractivity contribution in [3.05, 3.63) is 0 Å². The van der Waals surface area contributed by atoms with Gasteiger partial charge in [-0.15, -0.1) is 12.4 Å². The maximum Gasteiger partial charge on any atom is 0.225 e. The molecule has 0 aromatic carbocycles. The number of hydrogen-bond acceptors (Lipinski definition) is 2. The average Bonchev–Trinajstić information content (AvgIpc) is 2.74. The second kappa shape index (κ2) is 8.80. The summed E-state index contributed by atoms with van der Waals surface area (Å²) in [5.41, 5.74) is 5.93. The Morgan fingerprint density at radius 2 is 1.84 bits per heavy atom. The molecular weight excluding hydrogens is 260 g/mol. The second-order valence-electron chi connectivity index (χ2n) is 6.12. The van der Waals surface area contributed by atoms with Crippen LogP contribution in [0.15, 0.2) is 0 Å². The molecule has 0 aliphatic heterocycles. The maximum absolute atomic E-state index is 12.7. The van der Waals surface area contributed by atoms with Crippen LogP contribution in [-0.2, 0) is 4.79 Å². The Hall–Kier alpha value is -0.280. The molecule has 0 heterocycles. The molecule has 1 fully saturated rings. The van der Waals surface area contributed by atoms with E-state index in [9.17, 15) is 4.79 Å². The highest BCUT2D eigenvalue weighted by molar-refractivity contribution is 5.85. The van der Waals surface area contributed by atoms with Crippen molar-refractivity contribution in [2.45, 2.75) is 71.9 Å². The third kappa shape index (κ3) is 5.31. The summed E-state index contributed by atoms with van der Waals surface area (Å²) in [4.78, 5) is 14.8. The number of amides is 1. The third-order valence-electron chi connectivity index (χ3n) is 4.05. The summed E-state index contributed by atoms with van der Waals surface area (Å²) >= 11 is 0. The van der Waals surface area contributed by atoms with Crippen LogP contribution < -0.4 is 5.73 Å². The van der Waals surface area contributed by atoms with Crippen LogP contribution in [0.3, 0.4) is 0 Å². The monoisotopic (exact) mass is 290 g/mol. The molecule has 2 unspecified atom stereocenters. The van der Waals surface area contributed by atoms with Gasteiger partial charge in [-0.2, -0.15) is 0 Å². The second-order valence-corrected chi connectivity index (χ2v) is 6.12. The molecule has 4 heteroatoms. The first-order chi connectivity index (χ1) is 8.49. The van der Waals surface area contributed by atoms with Gasteiger partial charge in [0.1, 0.15) is 0 Å². The minimum absolute atomic E-state index is 0. The van der Waals surface area contributed by atoms with Gasteiger partial charge in [-0.25, -0.2) is 0 Å². The van der Waals surface area contributed by atoms with Crippen LogP contribution in [0.25, 0.3) is 0 Å². The summed E-state index contributed by atoms with van der Waals surface area (Å²) < 4.78 is 0. The molecule has 0 aromatic heterocycles. The fourth-order valence-corrected chi connectivity index (χ4v) is 3.02. The lowest BCUT2D eigenvalue weighted by molar-refractivity contribution is -0.138. The molecule has 3 nitrogen and oxygen atoms in total. The van der Waals surface area contributed by atoms with Crippen molar-refractivity contribution in [1.29, 1.82) is 0 Å². The fraction of sp³-hybridized carbons (Fsp3) is 0.933. The van der Waals surface area contributed by atoms with E-state index in [0.29, 0.717) is 17.9 Å². The minimum Gasteiger partial charge on any atom is -0.339 e. The third-order valence-corrected chi connectivity index (χ3v) is 4.05. The quantitative estimate of drug-likeness (QED) is 0.816. The normalized spacial score (nSPS) is 22.7. The van der Waals surface area contributed by atoms with E-state index in [2.05, 4.69) is 32.6 Å². The van der Waals surface area contributed by atoms with Crippen molar-refractivity contribution in [3.8, 4) is 0 Å². The molecule has 1 aliphatic rings. The first-order valence-electron chi connectivity index (χ1n) is 7.55. The number of nitrogens with two attached hydrogens (primary N) is 1. The van der Waals surface area contributed by atoms with Gasteiger partial charge < -0.3 is 10.6 Å². The van der Waals surface area contributed by atoms with E-state index in [1.807, 2.05) is 0 Å². The Labute approximate surface area is 124 Å². The Balaban J connectivity index is 0.00000324. The highest BCUT2D eigenvalue weighted by Gasteiger charge is 2.33. The van der Waals surface area contributed by atoms with Gasteiger partial charge in [-0.1, -0.05) is 27.7 Å². The van der Waals surface area contributed by atoms with Crippen LogP contribution in [-0.4, -0.2) is 29.4 Å².